The van der Waals surface area contributed by atoms with Gasteiger partial charge in [-0.3, -0.25) is 0 Å². The molecule has 0 radical (unpaired) electrons. The molecule has 0 aromatic heterocycles. The third kappa shape index (κ3) is 5.24. The van der Waals surface area contributed by atoms with Crippen molar-refractivity contribution in [3.05, 3.63) is 168 Å². The van der Waals surface area contributed by atoms with Gasteiger partial charge in [0.2, 0.25) is 0 Å². The maximum atomic E-state index is 13.5. The van der Waals surface area contributed by atoms with E-state index in [9.17, 15) is 9.59 Å². The summed E-state index contributed by atoms with van der Waals surface area (Å²) in [4.78, 5) is 27.0. The largest absolute Gasteiger partial charge is 0.418 e. The third-order valence-corrected chi connectivity index (χ3v) is 6.64. The maximum Gasteiger partial charge on any atom is 0.343 e. The molecule has 0 saturated heterocycles. The van der Waals surface area contributed by atoms with E-state index >= 15 is 0 Å². The van der Waals surface area contributed by atoms with E-state index in [2.05, 4.69) is 0 Å². The Balaban J connectivity index is 1.44. The van der Waals surface area contributed by atoms with Gasteiger partial charge in [-0.15, -0.1) is 0 Å². The van der Waals surface area contributed by atoms with Crippen LogP contribution < -0.4 is 0 Å². The van der Waals surface area contributed by atoms with E-state index in [1.54, 1.807) is 24.3 Å². The normalized spacial score (nSPS) is 11.6. The molecule has 0 bridgehead atoms. The lowest BCUT2D eigenvalue weighted by molar-refractivity contribution is 0.0647. The molecule has 40 heavy (non-hydrogen) atoms. The highest BCUT2D eigenvalue weighted by Gasteiger charge is 2.23. The minimum absolute atomic E-state index is 0.152. The first kappa shape index (κ1) is 24.8. The second-order valence-electron chi connectivity index (χ2n) is 9.29. The van der Waals surface area contributed by atoms with Gasteiger partial charge in [0, 0.05) is 11.1 Å². The number of carbonyl (C=O) groups is 2. The van der Waals surface area contributed by atoms with Gasteiger partial charge in [-0.25, -0.2) is 9.59 Å². The van der Waals surface area contributed by atoms with E-state index in [4.69, 9.17) is 9.47 Å². The highest BCUT2D eigenvalue weighted by atomic mass is 16.6. The Morgan fingerprint density at radius 3 is 1.10 bits per heavy atom. The first-order valence-corrected chi connectivity index (χ1v) is 12.9. The summed E-state index contributed by atoms with van der Waals surface area (Å²) in [5.41, 5.74) is 1.98. The van der Waals surface area contributed by atoms with Crippen LogP contribution in [0.2, 0.25) is 0 Å². The Hall–Kier alpha value is -5.48. The first-order valence-electron chi connectivity index (χ1n) is 12.9. The molecule has 6 aromatic rings. The lowest BCUT2D eigenvalue weighted by Crippen LogP contribution is -2.11. The van der Waals surface area contributed by atoms with Crippen LogP contribution in [0.3, 0.4) is 0 Å². The Morgan fingerprint density at radius 1 is 0.350 bits per heavy atom. The first-order chi connectivity index (χ1) is 19.7. The van der Waals surface area contributed by atoms with Crippen LogP contribution in [-0.2, 0) is 9.47 Å². The predicted octanol–water partition coefficient (Wildman–Crippen LogP) is 8.53. The molecule has 192 valence electrons. The smallest absolute Gasteiger partial charge is 0.343 e. The van der Waals surface area contributed by atoms with Crippen LogP contribution in [0, 0.1) is 0 Å². The van der Waals surface area contributed by atoms with Crippen LogP contribution in [-0.4, -0.2) is 11.9 Å². The van der Waals surface area contributed by atoms with E-state index in [1.807, 2.05) is 121 Å². The van der Waals surface area contributed by atoms with E-state index in [0.717, 1.165) is 21.5 Å². The van der Waals surface area contributed by atoms with Crippen molar-refractivity contribution in [3.8, 4) is 0 Å². The molecule has 0 N–H and O–H groups in total. The molecule has 0 atom stereocenters. The minimum atomic E-state index is -0.556. The van der Waals surface area contributed by atoms with Gasteiger partial charge in [-0.1, -0.05) is 121 Å². The van der Waals surface area contributed by atoms with Gasteiger partial charge in [-0.2, -0.15) is 0 Å². The van der Waals surface area contributed by atoms with Crippen LogP contribution in [0.5, 0.6) is 0 Å². The molecule has 4 nitrogen and oxygen atoms in total. The van der Waals surface area contributed by atoms with Crippen LogP contribution in [0.15, 0.2) is 146 Å². The van der Waals surface area contributed by atoms with Crippen molar-refractivity contribution in [1.82, 2.24) is 0 Å². The fourth-order valence-electron chi connectivity index (χ4n) is 4.59. The number of carbonyl (C=O) groups excluding carboxylic acids is 2. The quantitative estimate of drug-likeness (QED) is 0.125. The van der Waals surface area contributed by atoms with Crippen molar-refractivity contribution >= 4 is 45.0 Å². The topological polar surface area (TPSA) is 52.6 Å². The highest BCUT2D eigenvalue weighted by molar-refractivity contribution is 6.03. The molecule has 6 rings (SSSR count). The monoisotopic (exact) mass is 520 g/mol. The molecule has 0 aliphatic heterocycles. The minimum Gasteiger partial charge on any atom is -0.418 e. The lowest BCUT2D eigenvalue weighted by Gasteiger charge is -2.17. The fourth-order valence-corrected chi connectivity index (χ4v) is 4.59. The van der Waals surface area contributed by atoms with Crippen molar-refractivity contribution in [2.75, 3.05) is 0 Å². The predicted molar refractivity (Wildman–Crippen MR) is 158 cm³/mol. The highest BCUT2D eigenvalue weighted by Crippen LogP contribution is 2.31. The molecular weight excluding hydrogens is 496 g/mol. The number of hydrogen-bond donors (Lipinski definition) is 0. The summed E-state index contributed by atoms with van der Waals surface area (Å²) in [6.07, 6.45) is 0. The number of rotatable bonds is 6. The summed E-state index contributed by atoms with van der Waals surface area (Å²) < 4.78 is 12.1. The molecule has 0 spiro atoms. The number of esters is 2. The van der Waals surface area contributed by atoms with Gasteiger partial charge >= 0.3 is 11.9 Å². The summed E-state index contributed by atoms with van der Waals surface area (Å²) >= 11 is 0. The Labute approximate surface area is 231 Å². The summed E-state index contributed by atoms with van der Waals surface area (Å²) in [5, 5.41) is 3.89. The van der Waals surface area contributed by atoms with Gasteiger partial charge in [0.15, 0.2) is 11.5 Å². The van der Waals surface area contributed by atoms with Crippen LogP contribution in [0.4, 0.5) is 0 Å². The van der Waals surface area contributed by atoms with E-state index in [0.29, 0.717) is 22.3 Å². The van der Waals surface area contributed by atoms with Gasteiger partial charge in [-0.05, 0) is 45.8 Å². The standard InChI is InChI=1S/C36H24O4/c37-35(31-21-19-25-11-7-9-17-29(25)23-31)39-33(27-13-3-1-4-14-27)34(28-15-5-2-6-16-28)40-36(38)32-22-20-26-12-8-10-18-30(26)24-32/h1-24H/b34-33+. The number of ether oxygens (including phenoxy) is 2. The Bertz CT molecular complexity index is 1730. The molecule has 0 aliphatic rings. The van der Waals surface area contributed by atoms with Gasteiger partial charge in [0.05, 0.1) is 11.1 Å². The van der Waals surface area contributed by atoms with Crippen molar-refractivity contribution in [3.63, 3.8) is 0 Å². The molecule has 0 amide bonds. The van der Waals surface area contributed by atoms with Crippen LogP contribution in [0.1, 0.15) is 31.8 Å². The van der Waals surface area contributed by atoms with Gasteiger partial charge < -0.3 is 9.47 Å². The van der Waals surface area contributed by atoms with Crippen molar-refractivity contribution in [2.45, 2.75) is 0 Å². The van der Waals surface area contributed by atoms with Crippen LogP contribution in [0.25, 0.3) is 33.1 Å². The van der Waals surface area contributed by atoms with Gasteiger partial charge in [0.25, 0.3) is 0 Å². The number of benzene rings is 6. The molecule has 0 aliphatic carbocycles. The summed E-state index contributed by atoms with van der Waals surface area (Å²) in [6.45, 7) is 0. The zero-order chi connectivity index (χ0) is 27.3. The van der Waals surface area contributed by atoms with E-state index in [-0.39, 0.29) is 11.5 Å². The average Bonchev–Trinajstić information content (AvgIpc) is 3.02. The zero-order valence-electron chi connectivity index (χ0n) is 21.5. The molecule has 0 saturated carbocycles. The second kappa shape index (κ2) is 11.1. The second-order valence-corrected chi connectivity index (χ2v) is 9.29. The Morgan fingerprint density at radius 2 is 0.700 bits per heavy atom. The van der Waals surface area contributed by atoms with Crippen molar-refractivity contribution in [2.24, 2.45) is 0 Å². The summed E-state index contributed by atoms with van der Waals surface area (Å²) in [7, 11) is 0. The van der Waals surface area contributed by atoms with Gasteiger partial charge in [0.1, 0.15) is 0 Å². The Kier molecular flexibility index (Phi) is 6.89. The lowest BCUT2D eigenvalue weighted by atomic mass is 10.1. The average molecular weight is 521 g/mol. The number of fused-ring (bicyclic) bond motifs is 2. The maximum absolute atomic E-state index is 13.5. The SMILES string of the molecule is O=C(O/C(=C(/OC(=O)c1ccc2ccccc2c1)c1ccccc1)c1ccccc1)c1ccc2ccccc2c1. The van der Waals surface area contributed by atoms with Crippen LogP contribution >= 0.6 is 0 Å². The molecule has 6 aromatic carbocycles. The molecule has 0 unspecified atom stereocenters. The summed E-state index contributed by atoms with van der Waals surface area (Å²) in [6, 6.07) is 44.8. The summed E-state index contributed by atoms with van der Waals surface area (Å²) in [5.74, 6) is -0.808. The molecule has 4 heteroatoms. The van der Waals surface area contributed by atoms with E-state index < -0.39 is 11.9 Å². The van der Waals surface area contributed by atoms with Crippen molar-refractivity contribution < 1.29 is 19.1 Å². The molecule has 0 fully saturated rings. The molecule has 0 heterocycles. The zero-order valence-corrected chi connectivity index (χ0v) is 21.5. The fraction of sp³-hybridized carbons (Fsp3) is 0. The number of hydrogen-bond acceptors (Lipinski definition) is 4. The third-order valence-electron chi connectivity index (χ3n) is 6.64. The van der Waals surface area contributed by atoms with Crippen molar-refractivity contribution in [1.29, 1.82) is 0 Å². The molecular formula is C36H24O4. The van der Waals surface area contributed by atoms with E-state index in [1.165, 1.54) is 0 Å².